The van der Waals surface area contributed by atoms with Crippen LogP contribution in [0.2, 0.25) is 0 Å². The molecule has 4 nitrogen and oxygen atoms in total. The first-order chi connectivity index (χ1) is 10.9. The lowest BCUT2D eigenvalue weighted by Crippen LogP contribution is -1.98. The summed E-state index contributed by atoms with van der Waals surface area (Å²) >= 11 is 6.79. The minimum absolute atomic E-state index is 0.199. The molecule has 1 N–H and O–H groups in total. The summed E-state index contributed by atoms with van der Waals surface area (Å²) in [4.78, 5) is 12.5. The predicted molar refractivity (Wildman–Crippen MR) is 94.2 cm³/mol. The first-order valence-corrected chi connectivity index (χ1v) is 8.31. The predicted octanol–water partition coefficient (Wildman–Crippen LogP) is 4.85. The zero-order valence-corrected chi connectivity index (χ0v) is 15.5. The summed E-state index contributed by atoms with van der Waals surface area (Å²) in [6.07, 6.45) is 1.65. The van der Waals surface area contributed by atoms with Gasteiger partial charge in [-0.3, -0.25) is 4.79 Å². The third-order valence-corrected chi connectivity index (χ3v) is 4.84. The summed E-state index contributed by atoms with van der Waals surface area (Å²) < 4.78 is 12.3. The Morgan fingerprint density at radius 3 is 2.65 bits per heavy atom. The van der Waals surface area contributed by atoms with Crippen LogP contribution in [0.15, 0.2) is 39.0 Å². The largest absolute Gasteiger partial charge is 0.508 e. The molecule has 0 saturated heterocycles. The van der Waals surface area contributed by atoms with Crippen LogP contribution >= 0.6 is 31.9 Å². The van der Waals surface area contributed by atoms with Crippen molar-refractivity contribution in [1.29, 1.82) is 0 Å². The highest BCUT2D eigenvalue weighted by Crippen LogP contribution is 2.47. The Bertz CT molecular complexity index is 856. The minimum Gasteiger partial charge on any atom is -0.508 e. The first kappa shape index (κ1) is 16.1. The zero-order chi connectivity index (χ0) is 16.7. The molecule has 0 amide bonds. The molecule has 0 spiro atoms. The quantitative estimate of drug-likeness (QED) is 0.679. The van der Waals surface area contributed by atoms with E-state index in [-0.39, 0.29) is 17.3 Å². The molecular formula is C17H12Br2O4. The molecule has 0 atom stereocenters. The van der Waals surface area contributed by atoms with Crippen molar-refractivity contribution in [2.24, 2.45) is 0 Å². The topological polar surface area (TPSA) is 55.8 Å². The van der Waals surface area contributed by atoms with Crippen LogP contribution in [-0.4, -0.2) is 18.0 Å². The fraction of sp³-hybridized carbons (Fsp3) is 0.118. The number of carbonyl (C=O) groups is 1. The molecule has 6 heteroatoms. The fourth-order valence-corrected chi connectivity index (χ4v) is 3.87. The highest BCUT2D eigenvalue weighted by molar-refractivity contribution is 9.11. The molecule has 0 aliphatic carbocycles. The average Bonchev–Trinajstić information content (AvgIpc) is 2.81. The molecule has 2 aromatic rings. The van der Waals surface area contributed by atoms with Gasteiger partial charge in [0, 0.05) is 0 Å². The van der Waals surface area contributed by atoms with Crippen molar-refractivity contribution >= 4 is 43.7 Å². The summed E-state index contributed by atoms with van der Waals surface area (Å²) in [7, 11) is 1.55. The fourth-order valence-electron chi connectivity index (χ4n) is 2.34. The number of aromatic hydroxyl groups is 1. The van der Waals surface area contributed by atoms with E-state index in [2.05, 4.69) is 31.9 Å². The molecule has 1 heterocycles. The normalized spacial score (nSPS) is 14.8. The number of ketones is 1. The monoisotopic (exact) mass is 438 g/mol. The number of rotatable bonds is 2. The molecule has 0 aromatic heterocycles. The highest BCUT2D eigenvalue weighted by atomic mass is 79.9. The van der Waals surface area contributed by atoms with Crippen LogP contribution in [0.1, 0.15) is 21.5 Å². The Hall–Kier alpha value is -1.79. The molecule has 1 aliphatic rings. The molecule has 0 saturated carbocycles. The summed E-state index contributed by atoms with van der Waals surface area (Å²) in [6.45, 7) is 1.79. The van der Waals surface area contributed by atoms with Crippen LogP contribution in [0.4, 0.5) is 0 Å². The number of phenols is 1. The maximum absolute atomic E-state index is 12.5. The van der Waals surface area contributed by atoms with Gasteiger partial charge in [-0.25, -0.2) is 0 Å². The van der Waals surface area contributed by atoms with Gasteiger partial charge in [-0.2, -0.15) is 0 Å². The number of Topliss-reactive ketones (excluding diaryl/α,β-unsaturated/α-hetero) is 1. The van der Waals surface area contributed by atoms with Gasteiger partial charge in [-0.15, -0.1) is 0 Å². The summed E-state index contributed by atoms with van der Waals surface area (Å²) in [6, 6.07) is 6.78. The lowest BCUT2D eigenvalue weighted by Gasteiger charge is -2.08. The van der Waals surface area contributed by atoms with Gasteiger partial charge in [0.1, 0.15) is 10.2 Å². The van der Waals surface area contributed by atoms with E-state index < -0.39 is 0 Å². The van der Waals surface area contributed by atoms with Crippen molar-refractivity contribution in [3.63, 3.8) is 0 Å². The van der Waals surface area contributed by atoms with E-state index in [9.17, 15) is 9.90 Å². The second-order valence-corrected chi connectivity index (χ2v) is 6.72. The van der Waals surface area contributed by atoms with E-state index in [1.165, 1.54) is 0 Å². The van der Waals surface area contributed by atoms with Crippen molar-refractivity contribution in [3.8, 4) is 17.2 Å². The molecular weight excluding hydrogens is 428 g/mol. The van der Waals surface area contributed by atoms with Gasteiger partial charge in [0.05, 0.1) is 17.1 Å². The molecule has 0 radical (unpaired) electrons. The SMILES string of the molecule is COc1c(Br)cc2c(c1Br)O/C(=C\c1ccc(O)c(C)c1)C2=O. The average molecular weight is 440 g/mol. The number of benzene rings is 2. The van der Waals surface area contributed by atoms with Gasteiger partial charge in [-0.1, -0.05) is 6.07 Å². The summed E-state index contributed by atoms with van der Waals surface area (Å²) in [5.74, 6) is 1.25. The first-order valence-electron chi connectivity index (χ1n) is 6.72. The molecule has 118 valence electrons. The van der Waals surface area contributed by atoms with Crippen molar-refractivity contribution in [2.45, 2.75) is 6.92 Å². The van der Waals surface area contributed by atoms with E-state index in [0.717, 1.165) is 11.1 Å². The Kier molecular flexibility index (Phi) is 4.21. The van der Waals surface area contributed by atoms with E-state index in [4.69, 9.17) is 9.47 Å². The van der Waals surface area contributed by atoms with Crippen LogP contribution in [-0.2, 0) is 0 Å². The number of hydrogen-bond donors (Lipinski definition) is 1. The van der Waals surface area contributed by atoms with Crippen LogP contribution in [0.3, 0.4) is 0 Å². The molecule has 0 fully saturated rings. The maximum Gasteiger partial charge on any atom is 0.232 e. The van der Waals surface area contributed by atoms with Gasteiger partial charge in [0.15, 0.2) is 17.3 Å². The van der Waals surface area contributed by atoms with E-state index in [1.807, 2.05) is 0 Å². The second-order valence-electron chi connectivity index (χ2n) is 5.07. The number of hydrogen-bond acceptors (Lipinski definition) is 4. The van der Waals surface area contributed by atoms with Gasteiger partial charge in [0.25, 0.3) is 0 Å². The third-order valence-electron chi connectivity index (χ3n) is 3.53. The Labute approximate surface area is 150 Å². The Morgan fingerprint density at radius 2 is 2.00 bits per heavy atom. The molecule has 0 bridgehead atoms. The smallest absolute Gasteiger partial charge is 0.232 e. The summed E-state index contributed by atoms with van der Waals surface area (Å²) in [5, 5.41) is 9.58. The van der Waals surface area contributed by atoms with Crippen LogP contribution < -0.4 is 9.47 Å². The standard InChI is InChI=1S/C17H12Br2O4/c1-8-5-9(3-4-12(8)20)6-13-15(21)10-7-11(18)17(22-2)14(19)16(10)23-13/h3-7,20H,1-2H3/b13-6-. The van der Waals surface area contributed by atoms with Crippen LogP contribution in [0.25, 0.3) is 6.08 Å². The van der Waals surface area contributed by atoms with E-state index in [0.29, 0.717) is 26.0 Å². The lowest BCUT2D eigenvalue weighted by atomic mass is 10.1. The molecule has 1 aliphatic heterocycles. The number of methoxy groups -OCH3 is 1. The Morgan fingerprint density at radius 1 is 1.26 bits per heavy atom. The zero-order valence-electron chi connectivity index (χ0n) is 12.3. The number of allylic oxidation sites excluding steroid dienone is 1. The molecule has 2 aromatic carbocycles. The number of ether oxygens (including phenoxy) is 2. The van der Waals surface area contributed by atoms with E-state index in [1.54, 1.807) is 44.4 Å². The van der Waals surface area contributed by atoms with Crippen molar-refractivity contribution < 1.29 is 19.4 Å². The van der Waals surface area contributed by atoms with Crippen molar-refractivity contribution in [3.05, 3.63) is 55.7 Å². The van der Waals surface area contributed by atoms with Gasteiger partial charge in [0.2, 0.25) is 5.78 Å². The number of aryl methyl sites for hydroxylation is 1. The Balaban J connectivity index is 2.05. The molecule has 0 unspecified atom stereocenters. The van der Waals surface area contributed by atoms with Gasteiger partial charge < -0.3 is 14.6 Å². The molecule has 23 heavy (non-hydrogen) atoms. The van der Waals surface area contributed by atoms with E-state index >= 15 is 0 Å². The van der Waals surface area contributed by atoms with Crippen molar-refractivity contribution in [1.82, 2.24) is 0 Å². The number of halogens is 2. The minimum atomic E-state index is -0.199. The van der Waals surface area contributed by atoms with Crippen molar-refractivity contribution in [2.75, 3.05) is 7.11 Å². The van der Waals surface area contributed by atoms with Gasteiger partial charge in [-0.05, 0) is 74.2 Å². The van der Waals surface area contributed by atoms with Gasteiger partial charge >= 0.3 is 0 Å². The number of phenolic OH excluding ortho intramolecular Hbond substituents is 1. The number of carbonyl (C=O) groups excluding carboxylic acids is 1. The van der Waals surface area contributed by atoms with Crippen LogP contribution in [0.5, 0.6) is 17.2 Å². The second kappa shape index (κ2) is 6.02. The lowest BCUT2D eigenvalue weighted by molar-refractivity contribution is 0.101. The molecule has 3 rings (SSSR count). The van der Waals surface area contributed by atoms with Crippen LogP contribution in [0, 0.1) is 6.92 Å². The summed E-state index contributed by atoms with van der Waals surface area (Å²) in [5.41, 5.74) is 1.97. The number of fused-ring (bicyclic) bond motifs is 1. The highest BCUT2D eigenvalue weighted by Gasteiger charge is 2.32. The third kappa shape index (κ3) is 2.77. The maximum atomic E-state index is 12.5.